The highest BCUT2D eigenvalue weighted by Crippen LogP contribution is 2.19. The summed E-state index contributed by atoms with van der Waals surface area (Å²) in [6, 6.07) is 9.96. The van der Waals surface area contributed by atoms with Gasteiger partial charge in [-0.25, -0.2) is 8.42 Å². The molecule has 0 aliphatic carbocycles. The Balaban J connectivity index is 1.57. The second kappa shape index (κ2) is 8.33. The molecule has 6 nitrogen and oxygen atoms in total. The van der Waals surface area contributed by atoms with Crippen molar-refractivity contribution in [3.05, 3.63) is 52.2 Å². The molecular weight excluding hydrogens is 384 g/mol. The van der Waals surface area contributed by atoms with Crippen molar-refractivity contribution >= 4 is 33.1 Å². The van der Waals surface area contributed by atoms with Crippen molar-refractivity contribution in [3.8, 4) is 0 Å². The number of Topliss-reactive ketones (excluding diaryl/α,β-unsaturated/α-hetero) is 1. The minimum absolute atomic E-state index is 0.0614. The van der Waals surface area contributed by atoms with Crippen LogP contribution in [0.4, 0.5) is 0 Å². The van der Waals surface area contributed by atoms with Crippen molar-refractivity contribution < 1.29 is 18.0 Å². The van der Waals surface area contributed by atoms with Crippen LogP contribution in [-0.4, -0.2) is 55.5 Å². The quantitative estimate of drug-likeness (QED) is 0.691. The van der Waals surface area contributed by atoms with Gasteiger partial charge in [0.25, 0.3) is 0 Å². The van der Waals surface area contributed by atoms with Gasteiger partial charge < -0.3 is 4.90 Å². The maximum atomic E-state index is 12.8. The summed E-state index contributed by atoms with van der Waals surface area (Å²) in [6.45, 7) is 2.79. The lowest BCUT2D eigenvalue weighted by Gasteiger charge is -2.34. The summed E-state index contributed by atoms with van der Waals surface area (Å²) in [7, 11) is -3.62. The molecule has 3 rings (SSSR count). The zero-order valence-corrected chi connectivity index (χ0v) is 16.8. The highest BCUT2D eigenvalue weighted by molar-refractivity contribution is 7.89. The van der Waals surface area contributed by atoms with E-state index in [1.807, 2.05) is 17.5 Å². The van der Waals surface area contributed by atoms with Crippen LogP contribution in [0.15, 0.2) is 46.7 Å². The Labute approximate surface area is 163 Å². The van der Waals surface area contributed by atoms with Gasteiger partial charge in [-0.3, -0.25) is 9.59 Å². The number of piperazine rings is 1. The topological polar surface area (TPSA) is 74.8 Å². The second-order valence-electron chi connectivity index (χ2n) is 6.44. The number of ketones is 1. The van der Waals surface area contributed by atoms with E-state index in [1.54, 1.807) is 16.2 Å². The molecule has 1 aliphatic heterocycles. The van der Waals surface area contributed by atoms with E-state index in [2.05, 4.69) is 0 Å². The Morgan fingerprint density at radius 1 is 1.04 bits per heavy atom. The monoisotopic (exact) mass is 406 g/mol. The fraction of sp³-hybridized carbons (Fsp3) is 0.368. The first kappa shape index (κ1) is 19.7. The van der Waals surface area contributed by atoms with Crippen LogP contribution in [-0.2, 0) is 21.2 Å². The van der Waals surface area contributed by atoms with Crippen LogP contribution >= 0.6 is 11.3 Å². The Morgan fingerprint density at radius 3 is 2.26 bits per heavy atom. The van der Waals surface area contributed by atoms with Crippen LogP contribution in [0.2, 0.25) is 0 Å². The number of carbonyl (C=O) groups is 2. The van der Waals surface area contributed by atoms with Gasteiger partial charge in [0.15, 0.2) is 5.78 Å². The molecule has 1 fully saturated rings. The summed E-state index contributed by atoms with van der Waals surface area (Å²) < 4.78 is 26.9. The van der Waals surface area contributed by atoms with Gasteiger partial charge in [-0.05, 0) is 36.9 Å². The number of carbonyl (C=O) groups excluding carboxylic acids is 2. The van der Waals surface area contributed by atoms with Crippen molar-refractivity contribution in [2.45, 2.75) is 24.7 Å². The smallest absolute Gasteiger partial charge is 0.243 e. The molecule has 27 heavy (non-hydrogen) atoms. The minimum atomic E-state index is -3.62. The van der Waals surface area contributed by atoms with Crippen LogP contribution in [0.1, 0.15) is 28.6 Å². The van der Waals surface area contributed by atoms with E-state index in [0.29, 0.717) is 25.1 Å². The molecule has 0 radical (unpaired) electrons. The Kier molecular flexibility index (Phi) is 6.08. The summed E-state index contributed by atoms with van der Waals surface area (Å²) in [6.07, 6.45) is 1.16. The fourth-order valence-corrected chi connectivity index (χ4v) is 5.16. The van der Waals surface area contributed by atoms with Crippen LogP contribution in [0.5, 0.6) is 0 Å². The largest absolute Gasteiger partial charge is 0.340 e. The maximum Gasteiger partial charge on any atom is 0.243 e. The van der Waals surface area contributed by atoms with Gasteiger partial charge in [-0.2, -0.15) is 4.31 Å². The van der Waals surface area contributed by atoms with Crippen LogP contribution in [0.3, 0.4) is 0 Å². The van der Waals surface area contributed by atoms with Gasteiger partial charge in [0.1, 0.15) is 0 Å². The summed E-state index contributed by atoms with van der Waals surface area (Å²) in [5, 5.41) is 1.99. The summed E-state index contributed by atoms with van der Waals surface area (Å²) in [5.41, 5.74) is 0.482. The number of rotatable bonds is 6. The molecule has 8 heteroatoms. The molecule has 0 N–H and O–H groups in total. The normalized spacial score (nSPS) is 15.7. The third kappa shape index (κ3) is 4.63. The van der Waals surface area contributed by atoms with Gasteiger partial charge in [0.2, 0.25) is 15.9 Å². The number of aryl methyl sites for hydroxylation is 1. The number of thiophene rings is 1. The number of amides is 1. The summed E-state index contributed by atoms with van der Waals surface area (Å²) >= 11 is 1.64. The van der Waals surface area contributed by atoms with Crippen LogP contribution in [0.25, 0.3) is 0 Å². The molecule has 2 heterocycles. The standard InChI is InChI=1S/C19H22N2O4S2/c1-15(22)16-4-7-18(8-5-16)27(24,25)21-12-10-20(11-13-21)19(23)9-6-17-3-2-14-26-17/h2-5,7-8,14H,6,9-13H2,1H3. The van der Waals surface area contributed by atoms with E-state index in [9.17, 15) is 18.0 Å². The predicted molar refractivity (Wildman–Crippen MR) is 104 cm³/mol. The van der Waals surface area contributed by atoms with Gasteiger partial charge in [-0.1, -0.05) is 18.2 Å². The third-order valence-corrected chi connectivity index (χ3v) is 7.50. The molecule has 144 valence electrons. The van der Waals surface area contributed by atoms with E-state index in [1.165, 1.54) is 40.4 Å². The number of benzene rings is 1. The van der Waals surface area contributed by atoms with Crippen molar-refractivity contribution in [2.75, 3.05) is 26.2 Å². The fourth-order valence-electron chi connectivity index (χ4n) is 3.03. The van der Waals surface area contributed by atoms with Gasteiger partial charge in [0.05, 0.1) is 4.90 Å². The van der Waals surface area contributed by atoms with E-state index in [-0.39, 0.29) is 29.7 Å². The number of hydrogen-bond donors (Lipinski definition) is 0. The molecule has 1 saturated heterocycles. The average molecular weight is 407 g/mol. The summed E-state index contributed by atoms with van der Waals surface area (Å²) in [5.74, 6) is -0.0418. The molecule has 1 aromatic carbocycles. The molecule has 0 atom stereocenters. The lowest BCUT2D eigenvalue weighted by molar-refractivity contribution is -0.132. The summed E-state index contributed by atoms with van der Waals surface area (Å²) in [4.78, 5) is 26.8. The third-order valence-electron chi connectivity index (χ3n) is 4.66. The highest BCUT2D eigenvalue weighted by atomic mass is 32.2. The van der Waals surface area contributed by atoms with E-state index >= 15 is 0 Å². The minimum Gasteiger partial charge on any atom is -0.340 e. The molecule has 0 saturated carbocycles. The average Bonchev–Trinajstić information content (AvgIpc) is 3.20. The van der Waals surface area contributed by atoms with Crippen LogP contribution < -0.4 is 0 Å². The Hall–Kier alpha value is -2.03. The van der Waals surface area contributed by atoms with Crippen molar-refractivity contribution in [1.82, 2.24) is 9.21 Å². The Morgan fingerprint density at radius 2 is 1.70 bits per heavy atom. The lowest BCUT2D eigenvalue weighted by Crippen LogP contribution is -2.50. The highest BCUT2D eigenvalue weighted by Gasteiger charge is 2.30. The second-order valence-corrected chi connectivity index (χ2v) is 9.41. The first-order valence-electron chi connectivity index (χ1n) is 8.79. The number of sulfonamides is 1. The number of hydrogen-bond acceptors (Lipinski definition) is 5. The van der Waals surface area contributed by atoms with E-state index < -0.39 is 10.0 Å². The number of nitrogens with zero attached hydrogens (tertiary/aromatic N) is 2. The van der Waals surface area contributed by atoms with Crippen molar-refractivity contribution in [2.24, 2.45) is 0 Å². The van der Waals surface area contributed by atoms with Gasteiger partial charge in [-0.15, -0.1) is 11.3 Å². The van der Waals surface area contributed by atoms with Crippen LogP contribution in [0, 0.1) is 0 Å². The van der Waals surface area contributed by atoms with Crippen molar-refractivity contribution in [3.63, 3.8) is 0 Å². The molecule has 0 bridgehead atoms. The van der Waals surface area contributed by atoms with E-state index in [0.717, 1.165) is 6.42 Å². The first-order valence-corrected chi connectivity index (χ1v) is 11.1. The predicted octanol–water partition coefficient (Wildman–Crippen LogP) is 2.42. The first-order chi connectivity index (χ1) is 12.9. The molecule has 1 aliphatic rings. The molecule has 1 aromatic heterocycles. The zero-order valence-electron chi connectivity index (χ0n) is 15.1. The molecule has 2 aromatic rings. The molecular formula is C19H22N2O4S2. The molecule has 0 unspecified atom stereocenters. The Bertz CT molecular complexity index is 898. The molecule has 0 spiro atoms. The van der Waals surface area contributed by atoms with Gasteiger partial charge in [0, 0.05) is 43.0 Å². The zero-order chi connectivity index (χ0) is 19.4. The SMILES string of the molecule is CC(=O)c1ccc(S(=O)(=O)N2CCN(C(=O)CCc3cccs3)CC2)cc1. The van der Waals surface area contributed by atoms with Crippen molar-refractivity contribution in [1.29, 1.82) is 0 Å². The molecule has 1 amide bonds. The maximum absolute atomic E-state index is 12.8. The van der Waals surface area contributed by atoms with E-state index in [4.69, 9.17) is 0 Å². The lowest BCUT2D eigenvalue weighted by atomic mass is 10.2. The van der Waals surface area contributed by atoms with Gasteiger partial charge >= 0.3 is 0 Å².